The molecule has 1 aromatic heterocycles. The highest BCUT2D eigenvalue weighted by atomic mass is 32.2. The Kier molecular flexibility index (Phi) is 15.5. The van der Waals surface area contributed by atoms with E-state index >= 15 is 0 Å². The molecule has 4 N–H and O–H groups in total. The molecule has 0 saturated carbocycles. The Bertz CT molecular complexity index is 577. The third-order valence-electron chi connectivity index (χ3n) is 3.43. The van der Waals surface area contributed by atoms with Crippen molar-refractivity contribution in [3.05, 3.63) is 46.8 Å². The number of allylic oxidation sites excluding steroid dienone is 1. The third kappa shape index (κ3) is 8.65. The number of aromatic nitrogens is 1. The van der Waals surface area contributed by atoms with Crippen LogP contribution in [0, 0.1) is 0 Å². The Hall–Kier alpha value is -1.54. The van der Waals surface area contributed by atoms with Crippen LogP contribution in [0.1, 0.15) is 54.2 Å². The minimum atomic E-state index is 0.0434. The second-order valence-corrected chi connectivity index (χ2v) is 6.33. The van der Waals surface area contributed by atoms with E-state index in [4.69, 9.17) is 4.74 Å². The quantitative estimate of drug-likeness (QED) is 0.584. The van der Waals surface area contributed by atoms with Crippen molar-refractivity contribution >= 4 is 17.5 Å². The van der Waals surface area contributed by atoms with E-state index in [9.17, 15) is 0 Å². The topological polar surface area (TPSA) is 70.2 Å². The monoisotopic (exact) mass is 409 g/mol. The molecule has 7 heteroatoms. The van der Waals surface area contributed by atoms with Crippen molar-refractivity contribution in [1.29, 1.82) is 0 Å². The van der Waals surface area contributed by atoms with Gasteiger partial charge in [0.1, 0.15) is 11.8 Å². The molecule has 0 aromatic carbocycles. The molecule has 3 rings (SSSR count). The molecular weight excluding hydrogens is 370 g/mol. The molecule has 2 unspecified atom stereocenters. The first-order valence-electron chi connectivity index (χ1n) is 10.3. The van der Waals surface area contributed by atoms with E-state index in [1.807, 2.05) is 59.7 Å². The van der Waals surface area contributed by atoms with E-state index < -0.39 is 0 Å². The second kappa shape index (κ2) is 16.4. The SMILES string of the molecule is CC.CC.CC.COCC1=C(c2ccccn2)NC(NC2NCC=C(C)N2)S1. The van der Waals surface area contributed by atoms with Crippen molar-refractivity contribution in [2.45, 2.75) is 60.3 Å². The van der Waals surface area contributed by atoms with Gasteiger partial charge in [0, 0.05) is 30.5 Å². The zero-order chi connectivity index (χ0) is 21.4. The average Bonchev–Trinajstić information content (AvgIpc) is 3.15. The van der Waals surface area contributed by atoms with E-state index in [1.165, 1.54) is 5.70 Å². The maximum absolute atomic E-state index is 5.32. The van der Waals surface area contributed by atoms with Crippen LogP contribution in [0.25, 0.3) is 5.70 Å². The summed E-state index contributed by atoms with van der Waals surface area (Å²) in [6.45, 7) is 15.5. The van der Waals surface area contributed by atoms with Crippen molar-refractivity contribution in [2.24, 2.45) is 0 Å². The van der Waals surface area contributed by atoms with Crippen molar-refractivity contribution in [2.75, 3.05) is 20.3 Å². The van der Waals surface area contributed by atoms with Crippen LogP contribution in [-0.2, 0) is 4.74 Å². The highest BCUT2D eigenvalue weighted by Crippen LogP contribution is 2.33. The zero-order valence-corrected chi connectivity index (χ0v) is 19.5. The lowest BCUT2D eigenvalue weighted by Gasteiger charge is -2.29. The Labute approximate surface area is 176 Å². The predicted molar refractivity (Wildman–Crippen MR) is 123 cm³/mol. The molecule has 3 heterocycles. The lowest BCUT2D eigenvalue weighted by Crippen LogP contribution is -2.58. The molecule has 0 radical (unpaired) electrons. The molecule has 0 fully saturated rings. The molecular formula is C21H39N5OS. The summed E-state index contributed by atoms with van der Waals surface area (Å²) in [4.78, 5) is 5.58. The molecule has 2 aliphatic rings. The van der Waals surface area contributed by atoms with E-state index in [1.54, 1.807) is 25.1 Å². The summed E-state index contributed by atoms with van der Waals surface area (Å²) >= 11 is 1.73. The van der Waals surface area contributed by atoms with Gasteiger partial charge in [-0.05, 0) is 19.1 Å². The van der Waals surface area contributed by atoms with Gasteiger partial charge < -0.3 is 15.4 Å². The molecule has 0 aliphatic carbocycles. The van der Waals surface area contributed by atoms with Crippen molar-refractivity contribution in [3.63, 3.8) is 0 Å². The lowest BCUT2D eigenvalue weighted by molar-refractivity contribution is 0.232. The van der Waals surface area contributed by atoms with Gasteiger partial charge >= 0.3 is 0 Å². The summed E-state index contributed by atoms with van der Waals surface area (Å²) < 4.78 is 5.32. The van der Waals surface area contributed by atoms with Crippen LogP contribution in [0.15, 0.2) is 41.1 Å². The fourth-order valence-electron chi connectivity index (χ4n) is 2.40. The third-order valence-corrected chi connectivity index (χ3v) is 4.53. The first-order valence-corrected chi connectivity index (χ1v) is 11.1. The number of ether oxygens (including phenoxy) is 1. The molecule has 2 aliphatic heterocycles. The number of pyridine rings is 1. The van der Waals surface area contributed by atoms with Gasteiger partial charge in [0.25, 0.3) is 0 Å². The molecule has 0 spiro atoms. The van der Waals surface area contributed by atoms with Crippen LogP contribution in [0.5, 0.6) is 0 Å². The van der Waals surface area contributed by atoms with Crippen LogP contribution in [0.3, 0.4) is 0 Å². The molecule has 0 amide bonds. The van der Waals surface area contributed by atoms with Gasteiger partial charge in [-0.2, -0.15) is 0 Å². The first kappa shape index (κ1) is 26.5. The highest BCUT2D eigenvalue weighted by molar-refractivity contribution is 8.04. The second-order valence-electron chi connectivity index (χ2n) is 5.13. The Morgan fingerprint density at radius 1 is 1.14 bits per heavy atom. The van der Waals surface area contributed by atoms with E-state index in [0.717, 1.165) is 22.8 Å². The summed E-state index contributed by atoms with van der Waals surface area (Å²) in [6, 6.07) is 5.92. The number of rotatable bonds is 5. The number of methoxy groups -OCH3 is 1. The Morgan fingerprint density at radius 2 is 1.86 bits per heavy atom. The van der Waals surface area contributed by atoms with Gasteiger partial charge in [-0.15, -0.1) is 0 Å². The molecule has 6 nitrogen and oxygen atoms in total. The van der Waals surface area contributed by atoms with Gasteiger partial charge in [-0.3, -0.25) is 15.6 Å². The number of nitrogens with one attached hydrogen (secondary N) is 4. The van der Waals surface area contributed by atoms with Crippen LogP contribution >= 0.6 is 11.8 Å². The minimum absolute atomic E-state index is 0.0434. The van der Waals surface area contributed by atoms with Crippen LogP contribution in [0.4, 0.5) is 0 Å². The maximum Gasteiger partial charge on any atom is 0.134 e. The number of thioether (sulfide) groups is 1. The van der Waals surface area contributed by atoms with Gasteiger partial charge in [0.05, 0.1) is 18.0 Å². The van der Waals surface area contributed by atoms with Crippen molar-refractivity contribution in [3.8, 4) is 0 Å². The predicted octanol–water partition coefficient (Wildman–Crippen LogP) is 4.07. The maximum atomic E-state index is 5.32. The normalized spacial score (nSPS) is 20.1. The molecule has 1 aromatic rings. The van der Waals surface area contributed by atoms with Gasteiger partial charge in [0.2, 0.25) is 0 Å². The first-order chi connectivity index (χ1) is 13.8. The summed E-state index contributed by atoms with van der Waals surface area (Å²) in [5, 5.41) is 13.7. The zero-order valence-electron chi connectivity index (χ0n) is 18.7. The van der Waals surface area contributed by atoms with Crippen LogP contribution < -0.4 is 21.3 Å². The van der Waals surface area contributed by atoms with Crippen molar-refractivity contribution in [1.82, 2.24) is 26.3 Å². The van der Waals surface area contributed by atoms with E-state index in [0.29, 0.717) is 6.61 Å². The van der Waals surface area contributed by atoms with E-state index in [-0.39, 0.29) is 11.8 Å². The summed E-state index contributed by atoms with van der Waals surface area (Å²) in [6.07, 6.45) is 3.97. The van der Waals surface area contributed by atoms with Crippen LogP contribution in [-0.4, -0.2) is 37.0 Å². The van der Waals surface area contributed by atoms with Gasteiger partial charge in [-0.25, -0.2) is 0 Å². The molecule has 0 saturated heterocycles. The van der Waals surface area contributed by atoms with Gasteiger partial charge in [-0.1, -0.05) is 65.4 Å². The minimum Gasteiger partial charge on any atom is -0.379 e. The number of hydrogen-bond donors (Lipinski definition) is 4. The lowest BCUT2D eigenvalue weighted by atomic mass is 10.2. The number of hydrogen-bond acceptors (Lipinski definition) is 7. The summed E-state index contributed by atoms with van der Waals surface area (Å²) in [5.74, 6) is 0. The van der Waals surface area contributed by atoms with Crippen molar-refractivity contribution < 1.29 is 4.74 Å². The Morgan fingerprint density at radius 3 is 2.43 bits per heavy atom. The van der Waals surface area contributed by atoms with Gasteiger partial charge in [0.15, 0.2) is 0 Å². The molecule has 160 valence electrons. The van der Waals surface area contributed by atoms with E-state index in [2.05, 4.69) is 39.3 Å². The largest absolute Gasteiger partial charge is 0.379 e. The molecule has 28 heavy (non-hydrogen) atoms. The highest BCUT2D eigenvalue weighted by Gasteiger charge is 2.27. The standard InChI is InChI=1S/C15H21N5OS.3C2H6/c1-10-6-8-17-14(18-10)20-15-19-13(12(22-15)9-21-2)11-5-3-4-7-16-11;3*1-2/h3-7,14-15,17-20H,8-9H2,1-2H3;3*1-2H3. The number of nitrogens with zero attached hydrogens (tertiary/aromatic N) is 1. The fourth-order valence-corrected chi connectivity index (χ4v) is 3.53. The smallest absolute Gasteiger partial charge is 0.134 e. The summed E-state index contributed by atoms with van der Waals surface area (Å²) in [7, 11) is 1.71. The van der Waals surface area contributed by atoms with Crippen LogP contribution in [0.2, 0.25) is 0 Å². The average molecular weight is 410 g/mol. The molecule has 0 bridgehead atoms. The summed E-state index contributed by atoms with van der Waals surface area (Å²) in [5.41, 5.74) is 3.22. The molecule has 2 atom stereocenters. The Balaban J connectivity index is 0.00000111. The fraction of sp³-hybridized carbons (Fsp3) is 0.571.